The van der Waals surface area contributed by atoms with Crippen LogP contribution in [0.2, 0.25) is 0 Å². The standard InChI is InChI=1S/C20H23BrN6OS2/c1-5-27-17(10-29-19-22-13(3)9-14(4)23-19)25-26-20(27)30-11-18(28)24-16-7-6-12(2)8-15(16)21/h6-9H,5,10-11H2,1-4H3,(H,24,28). The number of nitrogens with one attached hydrogen (secondary N) is 1. The van der Waals surface area contributed by atoms with E-state index in [-0.39, 0.29) is 11.7 Å². The van der Waals surface area contributed by atoms with Crippen LogP contribution in [0.15, 0.2) is 39.1 Å². The smallest absolute Gasteiger partial charge is 0.234 e. The summed E-state index contributed by atoms with van der Waals surface area (Å²) in [5.74, 6) is 1.63. The Labute approximate surface area is 193 Å². The predicted molar refractivity (Wildman–Crippen MR) is 125 cm³/mol. The lowest BCUT2D eigenvalue weighted by molar-refractivity contribution is -0.113. The molecule has 3 aromatic rings. The SMILES string of the molecule is CCn1c(CSc2nc(C)cc(C)n2)nnc1SCC(=O)Nc1ccc(C)cc1Br. The zero-order chi connectivity index (χ0) is 21.7. The Morgan fingerprint density at radius 2 is 1.83 bits per heavy atom. The van der Waals surface area contributed by atoms with E-state index in [1.165, 1.54) is 23.5 Å². The molecule has 0 aliphatic rings. The van der Waals surface area contributed by atoms with E-state index in [1.54, 1.807) is 0 Å². The summed E-state index contributed by atoms with van der Waals surface area (Å²) in [4.78, 5) is 21.3. The summed E-state index contributed by atoms with van der Waals surface area (Å²) >= 11 is 6.39. The molecule has 2 aromatic heterocycles. The fraction of sp³-hybridized carbons (Fsp3) is 0.350. The molecule has 0 atom stereocenters. The van der Waals surface area contributed by atoms with Crippen LogP contribution in [0, 0.1) is 20.8 Å². The lowest BCUT2D eigenvalue weighted by atomic mass is 10.2. The van der Waals surface area contributed by atoms with Gasteiger partial charge in [-0.05, 0) is 67.4 Å². The Morgan fingerprint density at radius 3 is 2.50 bits per heavy atom. The summed E-state index contributed by atoms with van der Waals surface area (Å²) in [6.45, 7) is 8.69. The monoisotopic (exact) mass is 506 g/mol. The van der Waals surface area contributed by atoms with Gasteiger partial charge in [0.05, 0.1) is 17.2 Å². The summed E-state index contributed by atoms with van der Waals surface area (Å²) in [7, 11) is 0. The number of benzene rings is 1. The van der Waals surface area contributed by atoms with Crippen molar-refractivity contribution in [3.8, 4) is 0 Å². The lowest BCUT2D eigenvalue weighted by Crippen LogP contribution is -2.15. The van der Waals surface area contributed by atoms with Gasteiger partial charge in [-0.2, -0.15) is 0 Å². The van der Waals surface area contributed by atoms with Crippen molar-refractivity contribution in [1.82, 2.24) is 24.7 Å². The van der Waals surface area contributed by atoms with Gasteiger partial charge in [0.25, 0.3) is 0 Å². The molecule has 0 bridgehead atoms. The molecule has 10 heteroatoms. The van der Waals surface area contributed by atoms with Crippen LogP contribution in [0.5, 0.6) is 0 Å². The fourth-order valence-corrected chi connectivity index (χ4v) is 5.08. The lowest BCUT2D eigenvalue weighted by Gasteiger charge is -2.09. The Balaban J connectivity index is 1.60. The van der Waals surface area contributed by atoms with E-state index in [0.29, 0.717) is 5.75 Å². The molecule has 0 fully saturated rings. The predicted octanol–water partition coefficient (Wildman–Crippen LogP) is 4.80. The third kappa shape index (κ3) is 6.05. The Morgan fingerprint density at radius 1 is 1.10 bits per heavy atom. The molecule has 158 valence electrons. The van der Waals surface area contributed by atoms with E-state index < -0.39 is 0 Å². The molecule has 0 spiro atoms. The molecule has 2 heterocycles. The van der Waals surface area contributed by atoms with Gasteiger partial charge >= 0.3 is 0 Å². The Bertz CT molecular complexity index is 1040. The molecule has 0 saturated heterocycles. The first-order valence-corrected chi connectivity index (χ1v) is 12.2. The molecule has 0 aliphatic heterocycles. The van der Waals surface area contributed by atoms with E-state index in [0.717, 1.165) is 49.8 Å². The van der Waals surface area contributed by atoms with Crippen LogP contribution in [0.3, 0.4) is 0 Å². The third-order valence-corrected chi connectivity index (χ3v) is 6.60. The topological polar surface area (TPSA) is 85.6 Å². The average Bonchev–Trinajstić information content (AvgIpc) is 3.08. The van der Waals surface area contributed by atoms with Crippen molar-refractivity contribution in [2.24, 2.45) is 0 Å². The second kappa shape index (κ2) is 10.4. The number of aryl methyl sites for hydroxylation is 3. The van der Waals surface area contributed by atoms with Crippen LogP contribution in [0.1, 0.15) is 29.7 Å². The molecule has 1 aromatic carbocycles. The quantitative estimate of drug-likeness (QED) is 0.346. The number of carbonyl (C=O) groups is 1. The number of amides is 1. The van der Waals surface area contributed by atoms with E-state index >= 15 is 0 Å². The number of carbonyl (C=O) groups excluding carboxylic acids is 1. The molecule has 30 heavy (non-hydrogen) atoms. The molecule has 0 unspecified atom stereocenters. The van der Waals surface area contributed by atoms with Crippen LogP contribution in [-0.4, -0.2) is 36.4 Å². The van der Waals surface area contributed by atoms with Crippen molar-refractivity contribution in [3.63, 3.8) is 0 Å². The normalized spacial score (nSPS) is 11.0. The summed E-state index contributed by atoms with van der Waals surface area (Å²) in [6, 6.07) is 7.78. The molecule has 7 nitrogen and oxygen atoms in total. The van der Waals surface area contributed by atoms with Crippen molar-refractivity contribution in [2.45, 2.75) is 50.3 Å². The number of anilines is 1. The van der Waals surface area contributed by atoms with Crippen LogP contribution in [-0.2, 0) is 17.1 Å². The molecule has 1 N–H and O–H groups in total. The van der Waals surface area contributed by atoms with Crippen molar-refractivity contribution in [2.75, 3.05) is 11.1 Å². The van der Waals surface area contributed by atoms with Gasteiger partial charge in [-0.15, -0.1) is 10.2 Å². The molecule has 0 radical (unpaired) electrons. The number of aromatic nitrogens is 5. The number of halogens is 1. The summed E-state index contributed by atoms with van der Waals surface area (Å²) in [5, 5.41) is 13.0. The molecule has 0 saturated carbocycles. The molecular formula is C20H23BrN6OS2. The highest BCUT2D eigenvalue weighted by atomic mass is 79.9. The first-order valence-electron chi connectivity index (χ1n) is 9.41. The van der Waals surface area contributed by atoms with Crippen LogP contribution < -0.4 is 5.32 Å². The Hall–Kier alpha value is -1.91. The Kier molecular flexibility index (Phi) is 7.90. The van der Waals surface area contributed by atoms with Crippen molar-refractivity contribution < 1.29 is 4.79 Å². The third-order valence-electron chi connectivity index (χ3n) is 4.13. The van der Waals surface area contributed by atoms with Gasteiger partial charge in [0.15, 0.2) is 10.3 Å². The molecule has 0 aliphatic carbocycles. The maximum Gasteiger partial charge on any atom is 0.234 e. The van der Waals surface area contributed by atoms with Gasteiger partial charge < -0.3 is 9.88 Å². The van der Waals surface area contributed by atoms with Gasteiger partial charge in [0.1, 0.15) is 5.82 Å². The zero-order valence-electron chi connectivity index (χ0n) is 17.3. The number of rotatable bonds is 8. The van der Waals surface area contributed by atoms with Gasteiger partial charge in [-0.3, -0.25) is 4.79 Å². The highest BCUT2D eigenvalue weighted by molar-refractivity contribution is 9.10. The second-order valence-corrected chi connectivity index (χ2v) is 9.42. The minimum Gasteiger partial charge on any atom is -0.324 e. The van der Waals surface area contributed by atoms with Gasteiger partial charge in [-0.25, -0.2) is 9.97 Å². The second-order valence-electron chi connectivity index (χ2n) is 6.69. The number of thioether (sulfide) groups is 2. The molecule has 1 amide bonds. The maximum atomic E-state index is 12.4. The fourth-order valence-electron chi connectivity index (χ4n) is 2.78. The summed E-state index contributed by atoms with van der Waals surface area (Å²) < 4.78 is 2.89. The first kappa shape index (κ1) is 22.8. The number of hydrogen-bond donors (Lipinski definition) is 1. The highest BCUT2D eigenvalue weighted by Crippen LogP contribution is 2.25. The van der Waals surface area contributed by atoms with E-state index in [2.05, 4.69) is 41.4 Å². The summed E-state index contributed by atoms with van der Waals surface area (Å²) in [5.41, 5.74) is 3.78. The van der Waals surface area contributed by atoms with Crippen LogP contribution >= 0.6 is 39.5 Å². The summed E-state index contributed by atoms with van der Waals surface area (Å²) in [6.07, 6.45) is 0. The minimum absolute atomic E-state index is 0.0882. The molecular weight excluding hydrogens is 484 g/mol. The number of nitrogens with zero attached hydrogens (tertiary/aromatic N) is 5. The van der Waals surface area contributed by atoms with Crippen molar-refractivity contribution in [3.05, 3.63) is 51.5 Å². The first-order chi connectivity index (χ1) is 14.4. The van der Waals surface area contributed by atoms with Crippen LogP contribution in [0.4, 0.5) is 5.69 Å². The van der Waals surface area contributed by atoms with Gasteiger partial charge in [0.2, 0.25) is 5.91 Å². The minimum atomic E-state index is -0.0882. The van der Waals surface area contributed by atoms with Crippen molar-refractivity contribution >= 4 is 51.0 Å². The van der Waals surface area contributed by atoms with Crippen molar-refractivity contribution in [1.29, 1.82) is 0 Å². The van der Waals surface area contributed by atoms with Gasteiger partial charge in [0, 0.05) is 22.4 Å². The molecule has 3 rings (SSSR count). The average molecular weight is 507 g/mol. The van der Waals surface area contributed by atoms with Gasteiger partial charge in [-0.1, -0.05) is 29.6 Å². The van der Waals surface area contributed by atoms with E-state index in [1.807, 2.05) is 56.5 Å². The van der Waals surface area contributed by atoms with E-state index in [4.69, 9.17) is 0 Å². The van der Waals surface area contributed by atoms with Crippen LogP contribution in [0.25, 0.3) is 0 Å². The highest BCUT2D eigenvalue weighted by Gasteiger charge is 2.15. The number of hydrogen-bond acceptors (Lipinski definition) is 7. The van der Waals surface area contributed by atoms with E-state index in [9.17, 15) is 4.79 Å². The zero-order valence-corrected chi connectivity index (χ0v) is 20.5. The largest absolute Gasteiger partial charge is 0.324 e. The maximum absolute atomic E-state index is 12.4.